The number of hydrogen-bond donors (Lipinski definition) is 2. The molecule has 2 atom stereocenters. The zero-order valence-electron chi connectivity index (χ0n) is 15.2. The summed E-state index contributed by atoms with van der Waals surface area (Å²) < 4.78 is 1.79. The fourth-order valence-corrected chi connectivity index (χ4v) is 3.85. The quantitative estimate of drug-likeness (QED) is 0.810. The van der Waals surface area contributed by atoms with E-state index in [1.54, 1.807) is 4.68 Å². The lowest BCUT2D eigenvalue weighted by molar-refractivity contribution is -0.126. The van der Waals surface area contributed by atoms with Crippen LogP contribution >= 0.6 is 0 Å². The van der Waals surface area contributed by atoms with Gasteiger partial charge in [0, 0.05) is 50.8 Å². The van der Waals surface area contributed by atoms with Gasteiger partial charge >= 0.3 is 0 Å². The number of carbonyl (C=O) groups excluding carboxylic acids is 2. The Hall–Kier alpha value is -2.05. The summed E-state index contributed by atoms with van der Waals surface area (Å²) in [7, 11) is 1.90. The number of nitrogens with zero attached hydrogens (tertiary/aromatic N) is 3. The third kappa shape index (κ3) is 4.74. The summed E-state index contributed by atoms with van der Waals surface area (Å²) in [6.45, 7) is 3.63. The van der Waals surface area contributed by atoms with Crippen molar-refractivity contribution >= 4 is 17.5 Å². The highest BCUT2D eigenvalue weighted by Gasteiger charge is 2.27. The van der Waals surface area contributed by atoms with Crippen LogP contribution in [0.15, 0.2) is 12.4 Å². The Labute approximate surface area is 149 Å². The van der Waals surface area contributed by atoms with Gasteiger partial charge in [-0.1, -0.05) is 12.8 Å². The number of nitrogens with one attached hydrogen (secondary N) is 2. The summed E-state index contributed by atoms with van der Waals surface area (Å²) >= 11 is 0. The highest BCUT2D eigenvalue weighted by Crippen LogP contribution is 2.24. The van der Waals surface area contributed by atoms with Crippen LogP contribution in [0.4, 0.5) is 5.69 Å². The fraction of sp³-hybridized carbons (Fsp3) is 0.722. The standard InChI is InChI=1S/C18H29N5O2/c1-13(20-18(25)14-5-3-4-6-14)9-17(24)21-15-7-8-23(11-15)16-10-19-22(2)12-16/h10,12-15H,3-9,11H2,1-2H3,(H,20,25)(H,21,24)/t13-,15-/m1/s1. The number of carbonyl (C=O) groups is 2. The molecule has 1 aromatic heterocycles. The number of anilines is 1. The van der Waals surface area contributed by atoms with Crippen LogP contribution in [0.2, 0.25) is 0 Å². The maximum Gasteiger partial charge on any atom is 0.223 e. The molecule has 2 heterocycles. The third-order valence-electron chi connectivity index (χ3n) is 5.22. The number of aromatic nitrogens is 2. The molecule has 2 N–H and O–H groups in total. The highest BCUT2D eigenvalue weighted by atomic mass is 16.2. The molecule has 1 aliphatic heterocycles. The first-order valence-electron chi connectivity index (χ1n) is 9.34. The highest BCUT2D eigenvalue weighted by molar-refractivity contribution is 5.81. The van der Waals surface area contributed by atoms with Crippen molar-refractivity contribution in [3.8, 4) is 0 Å². The van der Waals surface area contributed by atoms with Gasteiger partial charge in [0.25, 0.3) is 0 Å². The maximum absolute atomic E-state index is 12.3. The van der Waals surface area contributed by atoms with Crippen LogP contribution in [-0.2, 0) is 16.6 Å². The van der Waals surface area contributed by atoms with E-state index in [4.69, 9.17) is 0 Å². The van der Waals surface area contributed by atoms with Crippen molar-refractivity contribution in [1.29, 1.82) is 0 Å². The normalized spacial score (nSPS) is 22.2. The SMILES string of the molecule is C[C@H](CC(=O)N[C@@H]1CCN(c2cnn(C)c2)C1)NC(=O)C1CCCC1. The van der Waals surface area contributed by atoms with Gasteiger partial charge in [-0.15, -0.1) is 0 Å². The van der Waals surface area contributed by atoms with E-state index in [1.807, 2.05) is 26.4 Å². The summed E-state index contributed by atoms with van der Waals surface area (Å²) in [6.07, 6.45) is 9.36. The predicted octanol–water partition coefficient (Wildman–Crippen LogP) is 1.20. The second kappa shape index (κ2) is 7.89. The van der Waals surface area contributed by atoms with Crippen molar-refractivity contribution in [1.82, 2.24) is 20.4 Å². The van der Waals surface area contributed by atoms with E-state index in [9.17, 15) is 9.59 Å². The Morgan fingerprint density at radius 3 is 2.76 bits per heavy atom. The summed E-state index contributed by atoms with van der Waals surface area (Å²) in [4.78, 5) is 26.6. The zero-order chi connectivity index (χ0) is 17.8. The van der Waals surface area contributed by atoms with Gasteiger partial charge in [-0.3, -0.25) is 14.3 Å². The van der Waals surface area contributed by atoms with Gasteiger partial charge in [-0.05, 0) is 26.2 Å². The third-order valence-corrected chi connectivity index (χ3v) is 5.22. The van der Waals surface area contributed by atoms with Gasteiger partial charge < -0.3 is 15.5 Å². The minimum atomic E-state index is -0.121. The molecule has 7 nitrogen and oxygen atoms in total. The molecule has 25 heavy (non-hydrogen) atoms. The molecule has 1 aromatic rings. The molecule has 0 bridgehead atoms. The number of amides is 2. The fourth-order valence-electron chi connectivity index (χ4n) is 3.85. The van der Waals surface area contributed by atoms with Crippen molar-refractivity contribution in [3.63, 3.8) is 0 Å². The molecule has 7 heteroatoms. The zero-order valence-corrected chi connectivity index (χ0v) is 15.2. The second-order valence-electron chi connectivity index (χ2n) is 7.47. The van der Waals surface area contributed by atoms with Crippen molar-refractivity contribution < 1.29 is 9.59 Å². The van der Waals surface area contributed by atoms with E-state index >= 15 is 0 Å². The average molecular weight is 347 g/mol. The average Bonchev–Trinajstić information content (AvgIpc) is 3.27. The molecule has 0 unspecified atom stereocenters. The van der Waals surface area contributed by atoms with Crippen molar-refractivity contribution in [2.75, 3.05) is 18.0 Å². The Morgan fingerprint density at radius 2 is 2.08 bits per heavy atom. The lowest BCUT2D eigenvalue weighted by Gasteiger charge is -2.19. The summed E-state index contributed by atoms with van der Waals surface area (Å²) in [6, 6.07) is 0.0365. The monoisotopic (exact) mass is 347 g/mol. The van der Waals surface area contributed by atoms with E-state index in [1.165, 1.54) is 0 Å². The van der Waals surface area contributed by atoms with Gasteiger partial charge in [0.2, 0.25) is 11.8 Å². The molecule has 2 amide bonds. The molecule has 3 rings (SSSR count). The topological polar surface area (TPSA) is 79.3 Å². The molecule has 0 aromatic carbocycles. The van der Waals surface area contributed by atoms with E-state index < -0.39 is 0 Å². The largest absolute Gasteiger partial charge is 0.367 e. The molecule has 1 saturated heterocycles. The smallest absolute Gasteiger partial charge is 0.223 e. The molecule has 138 valence electrons. The van der Waals surface area contributed by atoms with E-state index in [0.717, 1.165) is 50.9 Å². The minimum Gasteiger partial charge on any atom is -0.367 e. The predicted molar refractivity (Wildman–Crippen MR) is 96.1 cm³/mol. The Kier molecular flexibility index (Phi) is 5.60. The van der Waals surface area contributed by atoms with Gasteiger partial charge in [-0.25, -0.2) is 0 Å². The van der Waals surface area contributed by atoms with Crippen LogP contribution in [0.3, 0.4) is 0 Å². The molecular formula is C18H29N5O2. The summed E-state index contributed by atoms with van der Waals surface area (Å²) in [5, 5.41) is 10.3. The number of aryl methyl sites for hydroxylation is 1. The van der Waals surface area contributed by atoms with Gasteiger partial charge in [0.1, 0.15) is 0 Å². The molecule has 0 radical (unpaired) electrons. The van der Waals surface area contributed by atoms with Crippen LogP contribution in [0.5, 0.6) is 0 Å². The van der Waals surface area contributed by atoms with E-state index in [-0.39, 0.29) is 29.8 Å². The molecule has 0 spiro atoms. The van der Waals surface area contributed by atoms with Gasteiger partial charge in [0.05, 0.1) is 11.9 Å². The Balaban J connectivity index is 1.39. The molecule has 2 aliphatic rings. The van der Waals surface area contributed by atoms with Crippen LogP contribution in [-0.4, -0.2) is 46.8 Å². The maximum atomic E-state index is 12.3. The first-order chi connectivity index (χ1) is 12.0. The molecule has 2 fully saturated rings. The Bertz CT molecular complexity index is 608. The summed E-state index contributed by atoms with van der Waals surface area (Å²) in [5.41, 5.74) is 1.09. The second-order valence-corrected chi connectivity index (χ2v) is 7.47. The first kappa shape index (κ1) is 17.8. The minimum absolute atomic E-state index is 0.0114. The molecule has 1 saturated carbocycles. The number of rotatable bonds is 6. The van der Waals surface area contributed by atoms with Crippen LogP contribution < -0.4 is 15.5 Å². The lowest BCUT2D eigenvalue weighted by atomic mass is 10.1. The van der Waals surface area contributed by atoms with Crippen LogP contribution in [0, 0.1) is 5.92 Å². The Morgan fingerprint density at radius 1 is 1.32 bits per heavy atom. The van der Waals surface area contributed by atoms with Crippen molar-refractivity contribution in [2.24, 2.45) is 13.0 Å². The molecule has 1 aliphatic carbocycles. The van der Waals surface area contributed by atoms with E-state index in [0.29, 0.717) is 6.42 Å². The van der Waals surface area contributed by atoms with Crippen LogP contribution in [0.25, 0.3) is 0 Å². The lowest BCUT2D eigenvalue weighted by Crippen LogP contribution is -2.42. The van der Waals surface area contributed by atoms with Gasteiger partial charge in [-0.2, -0.15) is 5.10 Å². The van der Waals surface area contributed by atoms with Crippen molar-refractivity contribution in [2.45, 2.75) is 57.5 Å². The summed E-state index contributed by atoms with van der Waals surface area (Å²) in [5.74, 6) is 0.270. The molecular weight excluding hydrogens is 318 g/mol. The van der Waals surface area contributed by atoms with Crippen molar-refractivity contribution in [3.05, 3.63) is 12.4 Å². The van der Waals surface area contributed by atoms with E-state index in [2.05, 4.69) is 20.6 Å². The van der Waals surface area contributed by atoms with Crippen LogP contribution in [0.1, 0.15) is 45.4 Å². The van der Waals surface area contributed by atoms with Gasteiger partial charge in [0.15, 0.2) is 0 Å². The first-order valence-corrected chi connectivity index (χ1v) is 9.34. The number of hydrogen-bond acceptors (Lipinski definition) is 4.